The van der Waals surface area contributed by atoms with Gasteiger partial charge in [0.15, 0.2) is 0 Å². The van der Waals surface area contributed by atoms with Crippen molar-refractivity contribution < 1.29 is 34.3 Å². The standard InChI is InChI=1S/C20H16N2O8/c1-9(2)10-6-7-12-14(8-10)30-20(27)15-11(4-3-5-13(15)22(28)29)16(23)19(12,20)21-17(24)18(25)26/h3-9,27H,1-2H3,(H,21,24)(H,25,26). The monoisotopic (exact) mass is 412 g/mol. The van der Waals surface area contributed by atoms with Gasteiger partial charge in [0.2, 0.25) is 11.3 Å². The Morgan fingerprint density at radius 1 is 1.23 bits per heavy atom. The van der Waals surface area contributed by atoms with Crippen LogP contribution in [-0.2, 0) is 20.9 Å². The number of amides is 1. The molecule has 10 heteroatoms. The average molecular weight is 412 g/mol. The highest BCUT2D eigenvalue weighted by Crippen LogP contribution is 2.60. The Morgan fingerprint density at radius 3 is 2.53 bits per heavy atom. The summed E-state index contributed by atoms with van der Waals surface area (Å²) in [4.78, 5) is 47.6. The zero-order valence-electron chi connectivity index (χ0n) is 15.8. The summed E-state index contributed by atoms with van der Waals surface area (Å²) in [7, 11) is 0. The molecule has 3 N–H and O–H groups in total. The van der Waals surface area contributed by atoms with Gasteiger partial charge in [0, 0.05) is 17.2 Å². The van der Waals surface area contributed by atoms with E-state index in [1.807, 2.05) is 13.8 Å². The van der Waals surface area contributed by atoms with Gasteiger partial charge < -0.3 is 20.3 Å². The van der Waals surface area contributed by atoms with E-state index >= 15 is 0 Å². The van der Waals surface area contributed by atoms with Gasteiger partial charge in [0.05, 0.1) is 4.92 Å². The largest absolute Gasteiger partial charge is 0.474 e. The first-order valence-corrected chi connectivity index (χ1v) is 8.98. The van der Waals surface area contributed by atoms with Crippen LogP contribution in [0, 0.1) is 10.1 Å². The average Bonchev–Trinajstić information content (AvgIpc) is 3.04. The van der Waals surface area contributed by atoms with Crippen molar-refractivity contribution >= 4 is 23.3 Å². The van der Waals surface area contributed by atoms with Crippen LogP contribution in [0.4, 0.5) is 5.69 Å². The molecule has 154 valence electrons. The summed E-state index contributed by atoms with van der Waals surface area (Å²) in [6.45, 7) is 3.80. The van der Waals surface area contributed by atoms with Gasteiger partial charge in [-0.05, 0) is 17.5 Å². The van der Waals surface area contributed by atoms with Crippen LogP contribution in [-0.4, -0.2) is 32.8 Å². The first-order valence-electron chi connectivity index (χ1n) is 8.98. The van der Waals surface area contributed by atoms with Crippen LogP contribution in [0.3, 0.4) is 0 Å². The molecule has 2 aliphatic rings. The summed E-state index contributed by atoms with van der Waals surface area (Å²) >= 11 is 0. The van der Waals surface area contributed by atoms with Crippen LogP contribution in [0.5, 0.6) is 5.75 Å². The number of hydrogen-bond donors (Lipinski definition) is 3. The summed E-state index contributed by atoms with van der Waals surface area (Å²) in [5, 5.41) is 34.3. The highest BCUT2D eigenvalue weighted by Gasteiger charge is 2.73. The third kappa shape index (κ3) is 2.25. The van der Waals surface area contributed by atoms with Gasteiger partial charge in [0.1, 0.15) is 11.3 Å². The minimum atomic E-state index is -2.70. The molecule has 0 aromatic heterocycles. The Labute approximate surface area is 169 Å². The Kier molecular flexibility index (Phi) is 3.97. The van der Waals surface area contributed by atoms with Gasteiger partial charge in [-0.2, -0.15) is 0 Å². The van der Waals surface area contributed by atoms with E-state index in [-0.39, 0.29) is 22.8 Å². The van der Waals surface area contributed by atoms with E-state index < -0.39 is 45.2 Å². The van der Waals surface area contributed by atoms with Crippen LogP contribution in [0.1, 0.15) is 46.8 Å². The Balaban J connectivity index is 2.05. The maximum Gasteiger partial charge on any atom is 0.394 e. The zero-order chi connectivity index (χ0) is 22.0. The topological polar surface area (TPSA) is 156 Å². The molecule has 4 rings (SSSR count). The van der Waals surface area contributed by atoms with Crippen molar-refractivity contribution in [1.82, 2.24) is 5.32 Å². The summed E-state index contributed by atoms with van der Waals surface area (Å²) in [5.41, 5.74) is -2.86. The lowest BCUT2D eigenvalue weighted by molar-refractivity contribution is -0.388. The molecule has 2 aromatic rings. The molecule has 0 saturated heterocycles. The molecule has 1 aliphatic carbocycles. The molecule has 10 nitrogen and oxygen atoms in total. The molecule has 1 amide bonds. The number of nitro groups is 1. The fourth-order valence-corrected chi connectivity index (χ4v) is 4.10. The van der Waals surface area contributed by atoms with E-state index in [0.717, 1.165) is 11.6 Å². The van der Waals surface area contributed by atoms with Crippen LogP contribution < -0.4 is 10.1 Å². The number of hydrogen-bond acceptors (Lipinski definition) is 7. The number of carboxylic acids is 1. The number of ketones is 1. The molecule has 30 heavy (non-hydrogen) atoms. The Morgan fingerprint density at radius 2 is 1.93 bits per heavy atom. The molecule has 2 unspecified atom stereocenters. The smallest absolute Gasteiger partial charge is 0.394 e. The summed E-state index contributed by atoms with van der Waals surface area (Å²) in [6, 6.07) is 8.24. The quantitative estimate of drug-likeness (QED) is 0.389. The number of carbonyl (C=O) groups excluding carboxylic acids is 2. The van der Waals surface area contributed by atoms with Crippen LogP contribution >= 0.6 is 0 Å². The van der Waals surface area contributed by atoms with Crippen molar-refractivity contribution in [2.75, 3.05) is 0 Å². The fraction of sp³-hybridized carbons (Fsp3) is 0.250. The first-order chi connectivity index (χ1) is 14.0. The number of carbonyl (C=O) groups is 3. The van der Waals surface area contributed by atoms with E-state index in [9.17, 15) is 29.6 Å². The van der Waals surface area contributed by atoms with E-state index in [1.54, 1.807) is 12.1 Å². The molecule has 1 aliphatic heterocycles. The van der Waals surface area contributed by atoms with E-state index in [1.165, 1.54) is 18.2 Å². The molecule has 0 saturated carbocycles. The summed E-state index contributed by atoms with van der Waals surface area (Å²) in [5.74, 6) is -7.00. The number of rotatable bonds is 3. The number of ether oxygens (including phenoxy) is 1. The highest BCUT2D eigenvalue weighted by atomic mass is 16.6. The number of nitro benzene ring substituents is 1. The first kappa shape index (κ1) is 19.5. The second kappa shape index (κ2) is 6.10. The van der Waals surface area contributed by atoms with Crippen molar-refractivity contribution in [3.05, 3.63) is 68.8 Å². The van der Waals surface area contributed by atoms with Gasteiger partial charge in [-0.25, -0.2) is 4.79 Å². The minimum Gasteiger partial charge on any atom is -0.474 e. The number of nitrogens with one attached hydrogen (secondary N) is 1. The molecule has 0 spiro atoms. The van der Waals surface area contributed by atoms with Gasteiger partial charge in [0.25, 0.3) is 11.5 Å². The molecule has 2 aromatic carbocycles. The van der Waals surface area contributed by atoms with E-state index in [0.29, 0.717) is 0 Å². The Bertz CT molecular complexity index is 1160. The molecule has 2 atom stereocenters. The third-order valence-electron chi connectivity index (χ3n) is 5.50. The van der Waals surface area contributed by atoms with Gasteiger partial charge in [-0.1, -0.05) is 38.1 Å². The number of nitrogens with zero attached hydrogens (tertiary/aromatic N) is 1. The zero-order valence-corrected chi connectivity index (χ0v) is 15.8. The predicted molar refractivity (Wildman–Crippen MR) is 99.9 cm³/mol. The fourth-order valence-electron chi connectivity index (χ4n) is 4.10. The second-order valence-corrected chi connectivity index (χ2v) is 7.45. The number of benzene rings is 2. The molecular weight excluding hydrogens is 396 g/mol. The maximum absolute atomic E-state index is 13.4. The number of Topliss-reactive ketones (excluding diaryl/α,β-unsaturated/α-hetero) is 1. The van der Waals surface area contributed by atoms with Crippen molar-refractivity contribution in [3.8, 4) is 5.75 Å². The van der Waals surface area contributed by atoms with Crippen molar-refractivity contribution in [2.45, 2.75) is 31.1 Å². The number of aliphatic hydroxyl groups is 1. The molecular formula is C20H16N2O8. The van der Waals surface area contributed by atoms with Gasteiger partial charge in [-0.15, -0.1) is 0 Å². The Hall–Kier alpha value is -3.79. The SMILES string of the molecule is CC(C)c1ccc2c(c1)OC1(O)c3c(cccc3[N+](=O)[O-])C(=O)C21NC(=O)C(=O)O. The van der Waals surface area contributed by atoms with Gasteiger partial charge in [-0.3, -0.25) is 19.7 Å². The summed E-state index contributed by atoms with van der Waals surface area (Å²) in [6.07, 6.45) is 0. The summed E-state index contributed by atoms with van der Waals surface area (Å²) < 4.78 is 5.70. The molecule has 1 heterocycles. The molecule has 0 bridgehead atoms. The number of carboxylic acid groups (broad SMARTS) is 1. The lowest BCUT2D eigenvalue weighted by Gasteiger charge is -2.33. The van der Waals surface area contributed by atoms with Gasteiger partial charge >= 0.3 is 11.9 Å². The molecule has 0 radical (unpaired) electrons. The van der Waals surface area contributed by atoms with E-state index in [4.69, 9.17) is 9.84 Å². The van der Waals surface area contributed by atoms with E-state index in [2.05, 4.69) is 5.32 Å². The second-order valence-electron chi connectivity index (χ2n) is 7.45. The maximum atomic E-state index is 13.4. The number of fused-ring (bicyclic) bond motifs is 5. The lowest BCUT2D eigenvalue weighted by Crippen LogP contribution is -2.61. The predicted octanol–water partition coefficient (Wildman–Crippen LogP) is 1.55. The third-order valence-corrected chi connectivity index (χ3v) is 5.50. The van der Waals surface area contributed by atoms with Crippen molar-refractivity contribution in [2.24, 2.45) is 0 Å². The lowest BCUT2D eigenvalue weighted by atomic mass is 9.82. The highest BCUT2D eigenvalue weighted by molar-refractivity contribution is 6.33. The van der Waals surface area contributed by atoms with Crippen molar-refractivity contribution in [1.29, 1.82) is 0 Å². The minimum absolute atomic E-state index is 0.0134. The van der Waals surface area contributed by atoms with Crippen LogP contribution in [0.15, 0.2) is 36.4 Å². The van der Waals surface area contributed by atoms with Crippen LogP contribution in [0.25, 0.3) is 0 Å². The molecule has 0 fully saturated rings. The van der Waals surface area contributed by atoms with Crippen LogP contribution in [0.2, 0.25) is 0 Å². The normalized spacial score (nSPS) is 23.4. The van der Waals surface area contributed by atoms with Crippen molar-refractivity contribution in [3.63, 3.8) is 0 Å². The number of aliphatic carboxylic acids is 1.